The molecule has 0 bridgehead atoms. The highest BCUT2D eigenvalue weighted by Crippen LogP contribution is 2.01. The number of rotatable bonds is 7. The topological polar surface area (TPSA) is 67.4 Å². The largest absolute Gasteiger partial charge is 0.445 e. The van der Waals surface area contributed by atoms with Crippen LogP contribution in [0.1, 0.15) is 32.8 Å². The molecule has 1 atom stereocenters. The Hall–Kier alpha value is -2.04. The molecule has 0 saturated heterocycles. The normalized spacial score (nSPS) is 11.8. The third-order valence-corrected chi connectivity index (χ3v) is 2.96. The summed E-state index contributed by atoms with van der Waals surface area (Å²) in [7, 11) is 0. The van der Waals surface area contributed by atoms with E-state index < -0.39 is 12.1 Å². The van der Waals surface area contributed by atoms with Crippen LogP contribution in [0.25, 0.3) is 0 Å². The van der Waals surface area contributed by atoms with Crippen molar-refractivity contribution in [2.75, 3.05) is 6.54 Å². The van der Waals surface area contributed by atoms with Gasteiger partial charge in [0.05, 0.1) is 0 Å². The molecule has 0 aliphatic carbocycles. The lowest BCUT2D eigenvalue weighted by molar-refractivity contribution is -0.122. The lowest BCUT2D eigenvalue weighted by Crippen LogP contribution is -2.45. The number of hydrogen-bond donors (Lipinski definition) is 2. The van der Waals surface area contributed by atoms with Crippen molar-refractivity contribution >= 4 is 12.0 Å². The Morgan fingerprint density at radius 1 is 1.14 bits per heavy atom. The van der Waals surface area contributed by atoms with E-state index in [2.05, 4.69) is 24.5 Å². The van der Waals surface area contributed by atoms with Crippen LogP contribution in [0.4, 0.5) is 4.79 Å². The molecule has 0 unspecified atom stereocenters. The smallest absolute Gasteiger partial charge is 0.408 e. The molecule has 2 N–H and O–H groups in total. The summed E-state index contributed by atoms with van der Waals surface area (Å²) in [5, 5.41) is 5.30. The fourth-order valence-electron chi connectivity index (χ4n) is 1.64. The van der Waals surface area contributed by atoms with E-state index in [1.807, 2.05) is 30.3 Å². The van der Waals surface area contributed by atoms with Crippen LogP contribution in [-0.4, -0.2) is 24.6 Å². The van der Waals surface area contributed by atoms with E-state index in [1.54, 1.807) is 6.92 Å². The molecule has 0 saturated carbocycles. The third-order valence-electron chi connectivity index (χ3n) is 2.96. The minimum Gasteiger partial charge on any atom is -0.445 e. The first-order chi connectivity index (χ1) is 9.99. The molecule has 21 heavy (non-hydrogen) atoms. The average molecular weight is 292 g/mol. The van der Waals surface area contributed by atoms with Crippen LogP contribution in [-0.2, 0) is 16.1 Å². The van der Waals surface area contributed by atoms with Gasteiger partial charge in [-0.2, -0.15) is 0 Å². The Balaban J connectivity index is 2.25. The van der Waals surface area contributed by atoms with Crippen molar-refractivity contribution in [2.45, 2.75) is 39.8 Å². The van der Waals surface area contributed by atoms with Crippen LogP contribution in [0.15, 0.2) is 30.3 Å². The zero-order valence-corrected chi connectivity index (χ0v) is 12.9. The second-order valence-electron chi connectivity index (χ2n) is 5.40. The van der Waals surface area contributed by atoms with Crippen LogP contribution in [0.3, 0.4) is 0 Å². The second-order valence-corrected chi connectivity index (χ2v) is 5.40. The standard InChI is InChI=1S/C16H24N2O3/c1-12(2)9-10-17-15(19)13(3)18-16(20)21-11-14-7-5-4-6-8-14/h4-8,12-13H,9-11H2,1-3H3,(H,17,19)(H,18,20)/t13-/m1/s1. The molecule has 0 spiro atoms. The molecule has 5 nitrogen and oxygen atoms in total. The zero-order chi connectivity index (χ0) is 15.7. The monoisotopic (exact) mass is 292 g/mol. The number of amides is 2. The molecule has 0 fully saturated rings. The first-order valence-electron chi connectivity index (χ1n) is 7.24. The second kappa shape index (κ2) is 9.00. The van der Waals surface area contributed by atoms with Crippen molar-refractivity contribution in [3.8, 4) is 0 Å². The van der Waals surface area contributed by atoms with Crippen molar-refractivity contribution in [2.24, 2.45) is 5.92 Å². The zero-order valence-electron chi connectivity index (χ0n) is 12.9. The molecule has 1 rings (SSSR count). The maximum Gasteiger partial charge on any atom is 0.408 e. The minimum atomic E-state index is -0.611. The lowest BCUT2D eigenvalue weighted by Gasteiger charge is -2.14. The molecular formula is C16H24N2O3. The summed E-state index contributed by atoms with van der Waals surface area (Å²) in [5.41, 5.74) is 0.904. The van der Waals surface area contributed by atoms with E-state index >= 15 is 0 Å². The number of benzene rings is 1. The van der Waals surface area contributed by atoms with Gasteiger partial charge in [-0.25, -0.2) is 4.79 Å². The molecule has 0 aromatic heterocycles. The van der Waals surface area contributed by atoms with Crippen LogP contribution in [0.5, 0.6) is 0 Å². The number of carbonyl (C=O) groups is 2. The van der Waals surface area contributed by atoms with Gasteiger partial charge in [0.15, 0.2) is 0 Å². The Kier molecular flexibility index (Phi) is 7.29. The summed E-state index contributed by atoms with van der Waals surface area (Å²) in [6, 6.07) is 8.78. The van der Waals surface area contributed by atoms with Crippen molar-refractivity contribution < 1.29 is 14.3 Å². The van der Waals surface area contributed by atoms with Gasteiger partial charge in [-0.15, -0.1) is 0 Å². The quantitative estimate of drug-likeness (QED) is 0.811. The molecule has 5 heteroatoms. The lowest BCUT2D eigenvalue weighted by atomic mass is 10.1. The number of hydrogen-bond acceptors (Lipinski definition) is 3. The van der Waals surface area contributed by atoms with Crippen LogP contribution in [0.2, 0.25) is 0 Å². The van der Waals surface area contributed by atoms with Gasteiger partial charge >= 0.3 is 6.09 Å². The van der Waals surface area contributed by atoms with Crippen molar-refractivity contribution in [3.63, 3.8) is 0 Å². The summed E-state index contributed by atoms with van der Waals surface area (Å²) in [6.07, 6.45) is 0.321. The Morgan fingerprint density at radius 3 is 2.43 bits per heavy atom. The van der Waals surface area contributed by atoms with E-state index in [-0.39, 0.29) is 12.5 Å². The molecular weight excluding hydrogens is 268 g/mol. The first-order valence-corrected chi connectivity index (χ1v) is 7.24. The molecule has 0 radical (unpaired) electrons. The van der Waals surface area contributed by atoms with Gasteiger partial charge in [0.25, 0.3) is 0 Å². The Labute approximate surface area is 126 Å². The fourth-order valence-corrected chi connectivity index (χ4v) is 1.64. The van der Waals surface area contributed by atoms with Gasteiger partial charge in [-0.05, 0) is 24.8 Å². The SMILES string of the molecule is CC(C)CCNC(=O)[C@@H](C)NC(=O)OCc1ccccc1. The molecule has 0 aliphatic rings. The summed E-state index contributed by atoms with van der Waals surface area (Å²) in [5.74, 6) is 0.330. The number of ether oxygens (including phenoxy) is 1. The predicted molar refractivity (Wildman–Crippen MR) is 81.7 cm³/mol. The van der Waals surface area contributed by atoms with Crippen LogP contribution in [0, 0.1) is 5.92 Å². The summed E-state index contributed by atoms with van der Waals surface area (Å²) in [4.78, 5) is 23.4. The van der Waals surface area contributed by atoms with Crippen molar-refractivity contribution in [3.05, 3.63) is 35.9 Å². The summed E-state index contributed by atoms with van der Waals surface area (Å²) in [6.45, 7) is 6.62. The molecule has 2 amide bonds. The fraction of sp³-hybridized carbons (Fsp3) is 0.500. The number of carbonyl (C=O) groups excluding carboxylic acids is 2. The van der Waals surface area contributed by atoms with E-state index in [1.165, 1.54) is 0 Å². The van der Waals surface area contributed by atoms with E-state index in [0.717, 1.165) is 12.0 Å². The first kappa shape index (κ1) is 17.0. The van der Waals surface area contributed by atoms with E-state index in [4.69, 9.17) is 4.74 Å². The van der Waals surface area contributed by atoms with Gasteiger partial charge in [0.2, 0.25) is 5.91 Å². The van der Waals surface area contributed by atoms with Gasteiger partial charge in [0, 0.05) is 6.54 Å². The van der Waals surface area contributed by atoms with Gasteiger partial charge in [0.1, 0.15) is 12.6 Å². The predicted octanol–water partition coefficient (Wildman–Crippen LogP) is 2.46. The molecule has 0 heterocycles. The van der Waals surface area contributed by atoms with Crippen molar-refractivity contribution in [1.82, 2.24) is 10.6 Å². The van der Waals surface area contributed by atoms with E-state index in [9.17, 15) is 9.59 Å². The number of alkyl carbamates (subject to hydrolysis) is 1. The van der Waals surface area contributed by atoms with E-state index in [0.29, 0.717) is 12.5 Å². The number of nitrogens with one attached hydrogen (secondary N) is 2. The third kappa shape index (κ3) is 7.34. The Morgan fingerprint density at radius 2 is 1.81 bits per heavy atom. The summed E-state index contributed by atoms with van der Waals surface area (Å²) >= 11 is 0. The molecule has 1 aromatic rings. The minimum absolute atomic E-state index is 0.189. The van der Waals surface area contributed by atoms with Gasteiger partial charge < -0.3 is 15.4 Å². The van der Waals surface area contributed by atoms with Gasteiger partial charge in [-0.1, -0.05) is 44.2 Å². The maximum absolute atomic E-state index is 11.8. The maximum atomic E-state index is 11.8. The highest BCUT2D eigenvalue weighted by atomic mass is 16.5. The molecule has 0 aliphatic heterocycles. The summed E-state index contributed by atoms with van der Waals surface area (Å²) < 4.78 is 5.06. The van der Waals surface area contributed by atoms with Crippen LogP contribution >= 0.6 is 0 Å². The average Bonchev–Trinajstić information content (AvgIpc) is 2.45. The highest BCUT2D eigenvalue weighted by molar-refractivity contribution is 5.85. The van der Waals surface area contributed by atoms with Crippen molar-refractivity contribution in [1.29, 1.82) is 0 Å². The molecule has 1 aromatic carbocycles. The highest BCUT2D eigenvalue weighted by Gasteiger charge is 2.15. The molecule has 116 valence electrons. The Bertz CT molecular complexity index is 446. The van der Waals surface area contributed by atoms with Gasteiger partial charge in [-0.3, -0.25) is 4.79 Å². The van der Waals surface area contributed by atoms with Crippen LogP contribution < -0.4 is 10.6 Å².